The molecule has 17 heavy (non-hydrogen) atoms. The molecule has 0 saturated carbocycles. The summed E-state index contributed by atoms with van der Waals surface area (Å²) in [5.74, 6) is -1.11. The van der Waals surface area contributed by atoms with Gasteiger partial charge in [-0.05, 0) is 19.3 Å². The number of amides is 2. The van der Waals surface area contributed by atoms with Crippen LogP contribution in [0, 0.1) is 5.92 Å². The highest BCUT2D eigenvalue weighted by atomic mass is 16.4. The van der Waals surface area contributed by atoms with Crippen LogP contribution in [0.25, 0.3) is 0 Å². The predicted octanol–water partition coefficient (Wildman–Crippen LogP) is 1.93. The number of nitrogens with zero attached hydrogens (tertiary/aromatic N) is 1. The zero-order chi connectivity index (χ0) is 13.4. The Kier molecular flexibility index (Phi) is 7.34. The van der Waals surface area contributed by atoms with Crippen LogP contribution in [0.4, 0.5) is 4.79 Å². The zero-order valence-electron chi connectivity index (χ0n) is 11.2. The van der Waals surface area contributed by atoms with E-state index in [2.05, 4.69) is 12.2 Å². The van der Waals surface area contributed by atoms with E-state index in [-0.39, 0.29) is 11.9 Å². The maximum atomic E-state index is 11.9. The number of aliphatic carboxylic acids is 1. The summed E-state index contributed by atoms with van der Waals surface area (Å²) >= 11 is 0. The number of carboxylic acids is 1. The largest absolute Gasteiger partial charge is 0.480 e. The smallest absolute Gasteiger partial charge is 0.326 e. The minimum absolute atomic E-state index is 0.124. The van der Waals surface area contributed by atoms with Gasteiger partial charge in [-0.15, -0.1) is 0 Å². The first-order valence-corrected chi connectivity index (χ1v) is 6.22. The Balaban J connectivity index is 4.41. The lowest BCUT2D eigenvalue weighted by atomic mass is 10.1. The molecule has 0 aliphatic heterocycles. The van der Waals surface area contributed by atoms with E-state index in [0.29, 0.717) is 13.1 Å². The number of carbonyl (C=O) groups excluding carboxylic acids is 1. The quantitative estimate of drug-likeness (QED) is 0.719. The molecule has 0 aromatic heterocycles. The normalized spacial score (nSPS) is 12.3. The van der Waals surface area contributed by atoms with Crippen molar-refractivity contribution in [1.82, 2.24) is 10.2 Å². The molecule has 0 spiro atoms. The highest BCUT2D eigenvalue weighted by molar-refractivity contribution is 5.82. The standard InChI is InChI=1S/C12H24N2O3/c1-5-7-8-14(6-2)12(17)13-10(9(3)4)11(15)16/h9-10H,5-8H2,1-4H3,(H,13,17)(H,15,16)/t10-/m0/s1. The second-order valence-corrected chi connectivity index (χ2v) is 4.44. The van der Waals surface area contributed by atoms with Crippen LogP contribution in [-0.4, -0.2) is 41.1 Å². The van der Waals surface area contributed by atoms with Crippen molar-refractivity contribution < 1.29 is 14.7 Å². The topological polar surface area (TPSA) is 69.6 Å². The van der Waals surface area contributed by atoms with E-state index in [9.17, 15) is 9.59 Å². The Morgan fingerprint density at radius 1 is 1.29 bits per heavy atom. The van der Waals surface area contributed by atoms with Gasteiger partial charge in [0, 0.05) is 13.1 Å². The van der Waals surface area contributed by atoms with Crippen LogP contribution in [0.1, 0.15) is 40.5 Å². The maximum absolute atomic E-state index is 11.9. The van der Waals surface area contributed by atoms with E-state index >= 15 is 0 Å². The summed E-state index contributed by atoms with van der Waals surface area (Å²) in [5.41, 5.74) is 0. The number of hydrogen-bond acceptors (Lipinski definition) is 2. The van der Waals surface area contributed by atoms with Gasteiger partial charge in [-0.3, -0.25) is 0 Å². The average Bonchev–Trinajstić information content (AvgIpc) is 2.26. The van der Waals surface area contributed by atoms with Crippen molar-refractivity contribution in [2.75, 3.05) is 13.1 Å². The van der Waals surface area contributed by atoms with Gasteiger partial charge in [0.25, 0.3) is 0 Å². The Morgan fingerprint density at radius 2 is 1.88 bits per heavy atom. The number of unbranched alkanes of at least 4 members (excludes halogenated alkanes) is 1. The lowest BCUT2D eigenvalue weighted by molar-refractivity contribution is -0.140. The van der Waals surface area contributed by atoms with Crippen LogP contribution in [0.15, 0.2) is 0 Å². The molecule has 0 aromatic carbocycles. The fourth-order valence-corrected chi connectivity index (χ4v) is 1.49. The third-order valence-electron chi connectivity index (χ3n) is 2.66. The number of hydrogen-bond donors (Lipinski definition) is 2. The van der Waals surface area contributed by atoms with Crippen LogP contribution < -0.4 is 5.32 Å². The Hall–Kier alpha value is -1.26. The monoisotopic (exact) mass is 244 g/mol. The van der Waals surface area contributed by atoms with E-state index in [1.54, 1.807) is 18.7 Å². The molecule has 0 rings (SSSR count). The van der Waals surface area contributed by atoms with Gasteiger partial charge in [-0.25, -0.2) is 9.59 Å². The lowest BCUT2D eigenvalue weighted by Crippen LogP contribution is -2.50. The molecule has 0 fully saturated rings. The molecule has 0 heterocycles. The Bertz CT molecular complexity index is 254. The van der Waals surface area contributed by atoms with Crippen molar-refractivity contribution in [1.29, 1.82) is 0 Å². The molecule has 0 radical (unpaired) electrons. The summed E-state index contributed by atoms with van der Waals surface area (Å²) in [5, 5.41) is 11.6. The molecule has 2 N–H and O–H groups in total. The molecule has 5 nitrogen and oxygen atoms in total. The number of carboxylic acid groups (broad SMARTS) is 1. The highest BCUT2D eigenvalue weighted by Gasteiger charge is 2.25. The molecule has 100 valence electrons. The molecule has 0 aliphatic carbocycles. The number of urea groups is 1. The van der Waals surface area contributed by atoms with E-state index in [4.69, 9.17) is 5.11 Å². The van der Waals surface area contributed by atoms with Gasteiger partial charge in [-0.1, -0.05) is 27.2 Å². The highest BCUT2D eigenvalue weighted by Crippen LogP contribution is 2.03. The van der Waals surface area contributed by atoms with Crippen molar-refractivity contribution in [3.8, 4) is 0 Å². The summed E-state index contributed by atoms with van der Waals surface area (Å²) in [6, 6.07) is -1.11. The summed E-state index contributed by atoms with van der Waals surface area (Å²) in [6.45, 7) is 8.77. The van der Waals surface area contributed by atoms with Gasteiger partial charge >= 0.3 is 12.0 Å². The van der Waals surface area contributed by atoms with Gasteiger partial charge < -0.3 is 15.3 Å². The molecule has 0 unspecified atom stereocenters. The Morgan fingerprint density at radius 3 is 2.24 bits per heavy atom. The van der Waals surface area contributed by atoms with Gasteiger partial charge in [0.2, 0.25) is 0 Å². The van der Waals surface area contributed by atoms with Crippen LogP contribution in [0.5, 0.6) is 0 Å². The Labute approximate surface area is 103 Å². The fraction of sp³-hybridized carbons (Fsp3) is 0.833. The number of nitrogens with one attached hydrogen (secondary N) is 1. The average molecular weight is 244 g/mol. The summed E-state index contributed by atoms with van der Waals surface area (Å²) in [4.78, 5) is 24.5. The molecule has 0 aliphatic rings. The lowest BCUT2D eigenvalue weighted by Gasteiger charge is -2.25. The van der Waals surface area contributed by atoms with E-state index in [1.807, 2.05) is 6.92 Å². The van der Waals surface area contributed by atoms with Crippen molar-refractivity contribution in [3.05, 3.63) is 0 Å². The molecule has 0 aromatic rings. The minimum Gasteiger partial charge on any atom is -0.480 e. The van der Waals surface area contributed by atoms with Gasteiger partial charge in [0.15, 0.2) is 0 Å². The van der Waals surface area contributed by atoms with E-state index in [1.165, 1.54) is 0 Å². The fourth-order valence-electron chi connectivity index (χ4n) is 1.49. The van der Waals surface area contributed by atoms with Crippen molar-refractivity contribution in [2.45, 2.75) is 46.6 Å². The first-order valence-electron chi connectivity index (χ1n) is 6.22. The van der Waals surface area contributed by atoms with E-state index in [0.717, 1.165) is 12.8 Å². The van der Waals surface area contributed by atoms with Gasteiger partial charge in [-0.2, -0.15) is 0 Å². The molecular formula is C12H24N2O3. The minimum atomic E-state index is -0.986. The second kappa shape index (κ2) is 7.92. The molecule has 2 amide bonds. The van der Waals surface area contributed by atoms with Gasteiger partial charge in [0.1, 0.15) is 6.04 Å². The van der Waals surface area contributed by atoms with E-state index < -0.39 is 12.0 Å². The first kappa shape index (κ1) is 15.7. The van der Waals surface area contributed by atoms with Crippen LogP contribution in [-0.2, 0) is 4.79 Å². The number of rotatable bonds is 7. The van der Waals surface area contributed by atoms with Crippen molar-refractivity contribution in [2.24, 2.45) is 5.92 Å². The van der Waals surface area contributed by atoms with Gasteiger partial charge in [0.05, 0.1) is 0 Å². The van der Waals surface area contributed by atoms with Crippen LogP contribution >= 0.6 is 0 Å². The summed E-state index contributed by atoms with van der Waals surface area (Å²) in [7, 11) is 0. The van der Waals surface area contributed by atoms with Crippen molar-refractivity contribution >= 4 is 12.0 Å². The predicted molar refractivity (Wildman–Crippen MR) is 66.9 cm³/mol. The zero-order valence-corrected chi connectivity index (χ0v) is 11.2. The molecule has 0 saturated heterocycles. The molecule has 5 heteroatoms. The first-order chi connectivity index (χ1) is 7.93. The summed E-state index contributed by atoms with van der Waals surface area (Å²) < 4.78 is 0. The van der Waals surface area contributed by atoms with Crippen molar-refractivity contribution in [3.63, 3.8) is 0 Å². The molecular weight excluding hydrogens is 220 g/mol. The second-order valence-electron chi connectivity index (χ2n) is 4.44. The maximum Gasteiger partial charge on any atom is 0.326 e. The third kappa shape index (κ3) is 5.56. The molecule has 1 atom stereocenters. The molecule has 0 bridgehead atoms. The van der Waals surface area contributed by atoms with Crippen LogP contribution in [0.2, 0.25) is 0 Å². The third-order valence-corrected chi connectivity index (χ3v) is 2.66. The number of carbonyl (C=O) groups is 2. The SMILES string of the molecule is CCCCN(CC)C(=O)N[C@H](C(=O)O)C(C)C. The summed E-state index contributed by atoms with van der Waals surface area (Å²) in [6.07, 6.45) is 1.94. The van der Waals surface area contributed by atoms with Crippen LogP contribution in [0.3, 0.4) is 0 Å².